The van der Waals surface area contributed by atoms with Crippen LogP contribution in [-0.4, -0.2) is 22.5 Å². The number of benzene rings is 1. The molecule has 6 nitrogen and oxygen atoms in total. The van der Waals surface area contributed by atoms with Gasteiger partial charge in [0.15, 0.2) is 0 Å². The summed E-state index contributed by atoms with van der Waals surface area (Å²) in [5.74, 6) is 0.581. The second kappa shape index (κ2) is 7.39. The van der Waals surface area contributed by atoms with E-state index in [1.165, 1.54) is 5.56 Å². The fourth-order valence-corrected chi connectivity index (χ4v) is 3.14. The first kappa shape index (κ1) is 18.9. The average Bonchev–Trinajstić information content (AvgIpc) is 2.56. The number of hydrogen-bond acceptors (Lipinski definition) is 3. The van der Waals surface area contributed by atoms with Gasteiger partial charge in [0.25, 0.3) is 0 Å². The second-order valence-corrected chi connectivity index (χ2v) is 7.96. The molecule has 0 atom stereocenters. The van der Waals surface area contributed by atoms with Crippen molar-refractivity contribution in [2.24, 2.45) is 0 Å². The number of carbonyl (C=O) groups excluding carboxylic acids is 2. The largest absolute Gasteiger partial charge is 0.333 e. The monoisotopic (exact) mass is 366 g/mol. The number of aryl methyl sites for hydroxylation is 2. The Morgan fingerprint density at radius 2 is 1.96 bits per heavy atom. The quantitative estimate of drug-likeness (QED) is 0.868. The zero-order valence-corrected chi connectivity index (χ0v) is 16.3. The van der Waals surface area contributed by atoms with E-state index >= 15 is 0 Å². The molecule has 1 aromatic heterocycles. The normalized spacial score (nSPS) is 13.9. The van der Waals surface area contributed by atoms with Crippen LogP contribution >= 0.6 is 0 Å². The third kappa shape index (κ3) is 4.84. The molecular formula is C21H26N4O2. The summed E-state index contributed by atoms with van der Waals surface area (Å²) in [5.41, 5.74) is 3.57. The van der Waals surface area contributed by atoms with E-state index in [9.17, 15) is 9.59 Å². The smallest absolute Gasteiger partial charge is 0.320 e. The minimum atomic E-state index is -0.324. The van der Waals surface area contributed by atoms with Crippen LogP contribution in [0.1, 0.15) is 44.0 Å². The predicted octanol–water partition coefficient (Wildman–Crippen LogP) is 3.79. The Balaban J connectivity index is 1.79. The van der Waals surface area contributed by atoms with E-state index in [-0.39, 0.29) is 17.5 Å². The molecule has 0 saturated carbocycles. The number of carbonyl (C=O) groups is 2. The molecule has 2 heterocycles. The number of amides is 3. The number of nitrogens with one attached hydrogen (secondary N) is 2. The van der Waals surface area contributed by atoms with Crippen LogP contribution in [0.15, 0.2) is 36.4 Å². The van der Waals surface area contributed by atoms with Crippen LogP contribution in [0.4, 0.5) is 16.3 Å². The highest BCUT2D eigenvalue weighted by atomic mass is 16.2. The van der Waals surface area contributed by atoms with Crippen molar-refractivity contribution >= 4 is 23.4 Å². The van der Waals surface area contributed by atoms with Crippen LogP contribution in [0.25, 0.3) is 0 Å². The van der Waals surface area contributed by atoms with Crippen LogP contribution in [0, 0.1) is 6.92 Å². The fraction of sp³-hybridized carbons (Fsp3) is 0.381. The Morgan fingerprint density at radius 3 is 2.67 bits per heavy atom. The minimum Gasteiger partial charge on any atom is -0.333 e. The predicted molar refractivity (Wildman–Crippen MR) is 107 cm³/mol. The maximum absolute atomic E-state index is 12.5. The SMILES string of the molecule is Cc1cccc(CN2C(=O)CCc3nc(NC(=O)NC(C)(C)C)ccc32)c1. The number of nitrogens with zero attached hydrogens (tertiary/aromatic N) is 2. The van der Waals surface area contributed by atoms with E-state index in [1.807, 2.05) is 52.0 Å². The summed E-state index contributed by atoms with van der Waals surface area (Å²) in [4.78, 5) is 30.9. The van der Waals surface area contributed by atoms with Crippen molar-refractivity contribution in [1.29, 1.82) is 0 Å². The number of anilines is 2. The van der Waals surface area contributed by atoms with Gasteiger partial charge in [-0.15, -0.1) is 0 Å². The summed E-state index contributed by atoms with van der Waals surface area (Å²) < 4.78 is 0. The van der Waals surface area contributed by atoms with Crippen molar-refractivity contribution in [2.75, 3.05) is 10.2 Å². The molecule has 2 N–H and O–H groups in total. The van der Waals surface area contributed by atoms with Gasteiger partial charge in [0.2, 0.25) is 5.91 Å². The second-order valence-electron chi connectivity index (χ2n) is 7.96. The number of fused-ring (bicyclic) bond motifs is 1. The van der Waals surface area contributed by atoms with Gasteiger partial charge < -0.3 is 10.2 Å². The Hall–Kier alpha value is -2.89. The maximum Gasteiger partial charge on any atom is 0.320 e. The first-order valence-corrected chi connectivity index (χ1v) is 9.16. The maximum atomic E-state index is 12.5. The highest BCUT2D eigenvalue weighted by Crippen LogP contribution is 2.29. The number of aromatic nitrogens is 1. The molecule has 3 amide bonds. The molecule has 142 valence electrons. The molecule has 1 aromatic carbocycles. The zero-order valence-electron chi connectivity index (χ0n) is 16.3. The van der Waals surface area contributed by atoms with Crippen molar-refractivity contribution in [3.63, 3.8) is 0 Å². The third-order valence-electron chi connectivity index (χ3n) is 4.27. The summed E-state index contributed by atoms with van der Waals surface area (Å²) in [7, 11) is 0. The first-order chi connectivity index (χ1) is 12.7. The molecule has 0 bridgehead atoms. The number of hydrogen-bond donors (Lipinski definition) is 2. The van der Waals surface area contributed by atoms with Gasteiger partial charge in [-0.3, -0.25) is 10.1 Å². The Bertz CT molecular complexity index is 871. The van der Waals surface area contributed by atoms with E-state index in [4.69, 9.17) is 0 Å². The molecule has 0 saturated heterocycles. The van der Waals surface area contributed by atoms with Crippen molar-refractivity contribution in [1.82, 2.24) is 10.3 Å². The lowest BCUT2D eigenvalue weighted by Gasteiger charge is -2.29. The highest BCUT2D eigenvalue weighted by molar-refractivity contribution is 5.96. The van der Waals surface area contributed by atoms with E-state index in [2.05, 4.69) is 21.7 Å². The summed E-state index contributed by atoms with van der Waals surface area (Å²) in [6.45, 7) is 8.31. The van der Waals surface area contributed by atoms with Crippen LogP contribution < -0.4 is 15.5 Å². The lowest BCUT2D eigenvalue weighted by atomic mass is 10.0. The molecule has 6 heteroatoms. The van der Waals surface area contributed by atoms with Crippen LogP contribution in [-0.2, 0) is 17.8 Å². The minimum absolute atomic E-state index is 0.0944. The Kier molecular flexibility index (Phi) is 5.17. The molecule has 0 fully saturated rings. The van der Waals surface area contributed by atoms with Crippen molar-refractivity contribution in [3.05, 3.63) is 53.2 Å². The molecule has 3 rings (SSSR count). The molecule has 0 radical (unpaired) electrons. The van der Waals surface area contributed by atoms with Crippen molar-refractivity contribution in [2.45, 2.75) is 52.6 Å². The lowest BCUT2D eigenvalue weighted by Crippen LogP contribution is -2.43. The molecule has 1 aliphatic heterocycles. The zero-order chi connectivity index (χ0) is 19.6. The summed E-state index contributed by atoms with van der Waals surface area (Å²) in [6.07, 6.45) is 0.998. The van der Waals surface area contributed by atoms with Gasteiger partial charge in [-0.2, -0.15) is 0 Å². The summed E-state index contributed by atoms with van der Waals surface area (Å²) in [6, 6.07) is 11.5. The first-order valence-electron chi connectivity index (χ1n) is 9.16. The average molecular weight is 366 g/mol. The van der Waals surface area contributed by atoms with E-state index in [1.54, 1.807) is 11.0 Å². The summed E-state index contributed by atoms with van der Waals surface area (Å²) >= 11 is 0. The standard InChI is InChI=1S/C21H26N4O2/c1-14-6-5-7-15(12-14)13-25-17-9-10-18(22-16(17)8-11-19(25)26)23-20(27)24-21(2,3)4/h5-7,9-10,12H,8,11,13H2,1-4H3,(H2,22,23,24,27). The van der Waals surface area contributed by atoms with Crippen molar-refractivity contribution in [3.8, 4) is 0 Å². The lowest BCUT2D eigenvalue weighted by molar-refractivity contribution is -0.119. The van der Waals surface area contributed by atoms with Gasteiger partial charge in [-0.1, -0.05) is 29.8 Å². The van der Waals surface area contributed by atoms with Crippen LogP contribution in [0.5, 0.6) is 0 Å². The fourth-order valence-electron chi connectivity index (χ4n) is 3.14. The van der Waals surface area contributed by atoms with E-state index in [0.29, 0.717) is 25.2 Å². The number of pyridine rings is 1. The van der Waals surface area contributed by atoms with Gasteiger partial charge in [0, 0.05) is 18.4 Å². The molecule has 0 aliphatic carbocycles. The highest BCUT2D eigenvalue weighted by Gasteiger charge is 2.26. The molecule has 1 aliphatic rings. The Morgan fingerprint density at radius 1 is 1.19 bits per heavy atom. The van der Waals surface area contributed by atoms with Crippen molar-refractivity contribution < 1.29 is 9.59 Å². The third-order valence-corrected chi connectivity index (χ3v) is 4.27. The van der Waals surface area contributed by atoms with E-state index in [0.717, 1.165) is 16.9 Å². The number of rotatable bonds is 3. The van der Waals surface area contributed by atoms with Gasteiger partial charge in [-0.25, -0.2) is 9.78 Å². The molecule has 27 heavy (non-hydrogen) atoms. The number of urea groups is 1. The molecule has 0 unspecified atom stereocenters. The molecular weight excluding hydrogens is 340 g/mol. The van der Waals surface area contributed by atoms with Crippen LogP contribution in [0.3, 0.4) is 0 Å². The molecule has 2 aromatic rings. The molecule has 0 spiro atoms. The summed E-state index contributed by atoms with van der Waals surface area (Å²) in [5, 5.41) is 5.61. The topological polar surface area (TPSA) is 74.3 Å². The van der Waals surface area contributed by atoms with Gasteiger partial charge in [-0.05, 0) is 45.4 Å². The Labute approximate surface area is 160 Å². The van der Waals surface area contributed by atoms with Gasteiger partial charge in [0.1, 0.15) is 5.82 Å². The van der Waals surface area contributed by atoms with Crippen LogP contribution in [0.2, 0.25) is 0 Å². The van der Waals surface area contributed by atoms with E-state index < -0.39 is 0 Å². The van der Waals surface area contributed by atoms with Gasteiger partial charge >= 0.3 is 6.03 Å². The van der Waals surface area contributed by atoms with Gasteiger partial charge in [0.05, 0.1) is 17.9 Å².